The van der Waals surface area contributed by atoms with Crippen LogP contribution in [0.4, 0.5) is 4.39 Å². The van der Waals surface area contributed by atoms with E-state index in [-0.39, 0.29) is 24.3 Å². The highest BCUT2D eigenvalue weighted by Gasteiger charge is 2.02. The highest BCUT2D eigenvalue weighted by Crippen LogP contribution is 2.18. The zero-order chi connectivity index (χ0) is 8.43. The summed E-state index contributed by atoms with van der Waals surface area (Å²) < 4.78 is 13.3. The fourth-order valence-electron chi connectivity index (χ4n) is 0.796. The highest BCUT2D eigenvalue weighted by atomic mass is 79.9. The van der Waals surface area contributed by atoms with Gasteiger partial charge in [0, 0.05) is 6.04 Å². The van der Waals surface area contributed by atoms with Crippen LogP contribution in [-0.4, -0.2) is 0 Å². The van der Waals surface area contributed by atoms with Gasteiger partial charge in [-0.3, -0.25) is 0 Å². The summed E-state index contributed by atoms with van der Waals surface area (Å²) in [5.41, 5.74) is 6.36. The quantitative estimate of drug-likeness (QED) is 0.819. The lowest BCUT2D eigenvalue weighted by molar-refractivity contribution is 0.615. The zero-order valence-corrected chi connectivity index (χ0v) is 8.95. The van der Waals surface area contributed by atoms with E-state index in [4.69, 9.17) is 5.73 Å². The number of halogens is 3. The van der Waals surface area contributed by atoms with Crippen LogP contribution >= 0.6 is 28.3 Å². The molecule has 1 nitrogen and oxygen atoms in total. The average Bonchev–Trinajstić information content (AvgIpc) is 1.94. The van der Waals surface area contributed by atoms with Gasteiger partial charge in [0.05, 0.1) is 4.47 Å². The van der Waals surface area contributed by atoms with E-state index in [1.54, 1.807) is 12.1 Å². The van der Waals surface area contributed by atoms with Crippen molar-refractivity contribution in [3.05, 3.63) is 34.1 Å². The molecule has 0 amide bonds. The Kier molecular flexibility index (Phi) is 4.75. The maximum atomic E-state index is 12.8. The standard InChI is InChI=1S/C8H9BrFN.ClH/c1-5(11)6-2-3-7(9)8(10)4-6;/h2-5H,11H2,1H3;1H/t5-;/m1./s1. The molecule has 12 heavy (non-hydrogen) atoms. The maximum absolute atomic E-state index is 12.8. The Bertz CT molecular complexity index is 265. The molecule has 0 aliphatic rings. The molecule has 1 aromatic carbocycles. The minimum absolute atomic E-state index is 0. The Labute approximate surface area is 85.7 Å². The van der Waals surface area contributed by atoms with Crippen LogP contribution in [-0.2, 0) is 0 Å². The zero-order valence-electron chi connectivity index (χ0n) is 6.55. The van der Waals surface area contributed by atoms with Gasteiger partial charge in [0.15, 0.2) is 0 Å². The van der Waals surface area contributed by atoms with E-state index in [0.29, 0.717) is 4.47 Å². The summed E-state index contributed by atoms with van der Waals surface area (Å²) in [5.74, 6) is -0.264. The molecule has 68 valence electrons. The van der Waals surface area contributed by atoms with E-state index in [2.05, 4.69) is 15.9 Å². The Hall–Kier alpha value is -0.120. The molecule has 0 heterocycles. The predicted molar refractivity (Wildman–Crippen MR) is 54.0 cm³/mol. The summed E-state index contributed by atoms with van der Waals surface area (Å²) in [6, 6.07) is 4.79. The molecule has 1 atom stereocenters. The summed E-state index contributed by atoms with van der Waals surface area (Å²) in [4.78, 5) is 0. The van der Waals surface area contributed by atoms with E-state index in [9.17, 15) is 4.39 Å². The second-order valence-corrected chi connectivity index (χ2v) is 3.32. The molecule has 0 aromatic heterocycles. The van der Waals surface area contributed by atoms with Gasteiger partial charge in [-0.05, 0) is 40.5 Å². The maximum Gasteiger partial charge on any atom is 0.137 e. The first-order valence-electron chi connectivity index (χ1n) is 3.32. The first-order chi connectivity index (χ1) is 5.11. The Balaban J connectivity index is 0.00000121. The molecule has 1 aromatic rings. The Morgan fingerprint density at radius 1 is 1.50 bits per heavy atom. The van der Waals surface area contributed by atoms with Crippen molar-refractivity contribution in [2.75, 3.05) is 0 Å². The largest absolute Gasteiger partial charge is 0.324 e. The predicted octanol–water partition coefficient (Wildman–Crippen LogP) is 3.03. The fourth-order valence-corrected chi connectivity index (χ4v) is 1.04. The summed E-state index contributed by atoms with van der Waals surface area (Å²) in [6.07, 6.45) is 0. The lowest BCUT2D eigenvalue weighted by Gasteiger charge is -2.05. The van der Waals surface area contributed by atoms with Crippen molar-refractivity contribution < 1.29 is 4.39 Å². The summed E-state index contributed by atoms with van der Waals surface area (Å²) in [5, 5.41) is 0. The number of hydrogen-bond acceptors (Lipinski definition) is 1. The van der Waals surface area contributed by atoms with Gasteiger partial charge >= 0.3 is 0 Å². The first-order valence-corrected chi connectivity index (χ1v) is 4.11. The lowest BCUT2D eigenvalue weighted by atomic mass is 10.1. The van der Waals surface area contributed by atoms with Crippen molar-refractivity contribution in [1.82, 2.24) is 0 Å². The highest BCUT2D eigenvalue weighted by molar-refractivity contribution is 9.10. The monoisotopic (exact) mass is 253 g/mol. The smallest absolute Gasteiger partial charge is 0.137 e. The van der Waals surface area contributed by atoms with Crippen molar-refractivity contribution in [2.45, 2.75) is 13.0 Å². The van der Waals surface area contributed by atoms with Gasteiger partial charge in [0.1, 0.15) is 5.82 Å². The van der Waals surface area contributed by atoms with E-state index in [1.807, 2.05) is 6.92 Å². The number of rotatable bonds is 1. The molecule has 0 radical (unpaired) electrons. The molecule has 0 saturated heterocycles. The lowest BCUT2D eigenvalue weighted by Crippen LogP contribution is -2.04. The van der Waals surface area contributed by atoms with Gasteiger partial charge in [0.25, 0.3) is 0 Å². The minimum atomic E-state index is -0.264. The van der Waals surface area contributed by atoms with Crippen LogP contribution in [0.5, 0.6) is 0 Å². The average molecular weight is 255 g/mol. The third-order valence-corrected chi connectivity index (χ3v) is 2.11. The minimum Gasteiger partial charge on any atom is -0.324 e. The van der Waals surface area contributed by atoms with Crippen molar-refractivity contribution in [2.24, 2.45) is 5.73 Å². The van der Waals surface area contributed by atoms with E-state index in [1.165, 1.54) is 6.07 Å². The van der Waals surface area contributed by atoms with Gasteiger partial charge < -0.3 is 5.73 Å². The molecule has 0 aliphatic heterocycles. The molecule has 0 spiro atoms. The second kappa shape index (κ2) is 4.80. The molecular weight excluding hydrogens is 244 g/mol. The van der Waals surface area contributed by atoms with Crippen molar-refractivity contribution in [3.63, 3.8) is 0 Å². The normalized spacial score (nSPS) is 12.0. The van der Waals surface area contributed by atoms with Crippen LogP contribution in [0.15, 0.2) is 22.7 Å². The van der Waals surface area contributed by atoms with Gasteiger partial charge in [0.2, 0.25) is 0 Å². The van der Waals surface area contributed by atoms with Crippen LogP contribution in [0.2, 0.25) is 0 Å². The van der Waals surface area contributed by atoms with Crippen molar-refractivity contribution >= 4 is 28.3 Å². The molecule has 0 bridgehead atoms. The van der Waals surface area contributed by atoms with Crippen LogP contribution in [0.1, 0.15) is 18.5 Å². The first kappa shape index (κ1) is 11.9. The van der Waals surface area contributed by atoms with Crippen LogP contribution < -0.4 is 5.73 Å². The van der Waals surface area contributed by atoms with E-state index < -0.39 is 0 Å². The summed E-state index contributed by atoms with van der Waals surface area (Å²) >= 11 is 3.06. The van der Waals surface area contributed by atoms with E-state index in [0.717, 1.165) is 5.56 Å². The summed E-state index contributed by atoms with van der Waals surface area (Å²) in [7, 11) is 0. The number of benzene rings is 1. The molecule has 0 unspecified atom stereocenters. The molecule has 4 heteroatoms. The number of nitrogens with two attached hydrogens (primary N) is 1. The molecule has 0 saturated carbocycles. The van der Waals surface area contributed by atoms with Crippen LogP contribution in [0.3, 0.4) is 0 Å². The molecule has 2 N–H and O–H groups in total. The van der Waals surface area contributed by atoms with Gasteiger partial charge in [-0.15, -0.1) is 12.4 Å². The third-order valence-electron chi connectivity index (χ3n) is 1.47. The van der Waals surface area contributed by atoms with Gasteiger partial charge in [-0.2, -0.15) is 0 Å². The summed E-state index contributed by atoms with van der Waals surface area (Å²) in [6.45, 7) is 1.82. The number of hydrogen-bond donors (Lipinski definition) is 1. The second-order valence-electron chi connectivity index (χ2n) is 2.46. The van der Waals surface area contributed by atoms with Crippen molar-refractivity contribution in [3.8, 4) is 0 Å². The van der Waals surface area contributed by atoms with Crippen LogP contribution in [0.25, 0.3) is 0 Å². The van der Waals surface area contributed by atoms with Gasteiger partial charge in [-0.1, -0.05) is 6.07 Å². The molecular formula is C8H10BrClFN. The third kappa shape index (κ3) is 2.73. The molecule has 0 aliphatic carbocycles. The van der Waals surface area contributed by atoms with Gasteiger partial charge in [-0.25, -0.2) is 4.39 Å². The topological polar surface area (TPSA) is 26.0 Å². The molecule has 1 rings (SSSR count). The van der Waals surface area contributed by atoms with Crippen LogP contribution in [0, 0.1) is 5.82 Å². The van der Waals surface area contributed by atoms with E-state index >= 15 is 0 Å². The SMILES string of the molecule is C[C@@H](N)c1ccc(Br)c(F)c1.Cl. The Morgan fingerprint density at radius 3 is 2.50 bits per heavy atom. The Morgan fingerprint density at radius 2 is 2.08 bits per heavy atom. The van der Waals surface area contributed by atoms with Crippen molar-refractivity contribution in [1.29, 1.82) is 0 Å². The molecule has 0 fully saturated rings. The fraction of sp³-hybridized carbons (Fsp3) is 0.250.